The normalized spacial score (nSPS) is 16.7. The van der Waals surface area contributed by atoms with Gasteiger partial charge in [0.1, 0.15) is 17.5 Å². The van der Waals surface area contributed by atoms with Gasteiger partial charge in [0.15, 0.2) is 6.29 Å². The highest BCUT2D eigenvalue weighted by molar-refractivity contribution is 5.80. The SMILES string of the molecule is Cc1nc(CC(=O)NC2(c3ccccc3)CC2)c(C2OCCO2)c(NCc2cccc(C(F)F)c2F)n1. The summed E-state index contributed by atoms with van der Waals surface area (Å²) in [7, 11) is 0. The Kier molecular flexibility index (Phi) is 7.12. The second-order valence-electron chi connectivity index (χ2n) is 9.20. The molecule has 1 aromatic heterocycles. The first-order valence-electron chi connectivity index (χ1n) is 12.1. The quantitative estimate of drug-likeness (QED) is 0.426. The van der Waals surface area contributed by atoms with Crippen molar-refractivity contribution in [3.63, 3.8) is 0 Å². The fourth-order valence-corrected chi connectivity index (χ4v) is 4.60. The first kappa shape index (κ1) is 25.2. The number of benzene rings is 2. The molecule has 1 amide bonds. The molecule has 1 aliphatic heterocycles. The van der Waals surface area contributed by atoms with E-state index in [4.69, 9.17) is 9.47 Å². The van der Waals surface area contributed by atoms with E-state index in [1.54, 1.807) is 6.92 Å². The number of carbonyl (C=O) groups is 1. The Morgan fingerprint density at radius 1 is 1.08 bits per heavy atom. The number of anilines is 1. The second-order valence-corrected chi connectivity index (χ2v) is 9.20. The van der Waals surface area contributed by atoms with Gasteiger partial charge < -0.3 is 20.1 Å². The van der Waals surface area contributed by atoms with Gasteiger partial charge in [-0.05, 0) is 25.3 Å². The van der Waals surface area contributed by atoms with Crippen molar-refractivity contribution in [1.29, 1.82) is 0 Å². The summed E-state index contributed by atoms with van der Waals surface area (Å²) in [6, 6.07) is 13.7. The van der Waals surface area contributed by atoms with Crippen LogP contribution in [0.4, 0.5) is 19.0 Å². The van der Waals surface area contributed by atoms with Gasteiger partial charge in [-0.15, -0.1) is 0 Å². The Morgan fingerprint density at radius 3 is 2.49 bits per heavy atom. The zero-order chi connectivity index (χ0) is 26.0. The summed E-state index contributed by atoms with van der Waals surface area (Å²) < 4.78 is 52.3. The topological polar surface area (TPSA) is 85.4 Å². The summed E-state index contributed by atoms with van der Waals surface area (Å²) in [5.74, 6) is -0.493. The van der Waals surface area contributed by atoms with Crippen molar-refractivity contribution in [2.24, 2.45) is 0 Å². The number of amides is 1. The van der Waals surface area contributed by atoms with Crippen LogP contribution in [0.2, 0.25) is 0 Å². The number of ether oxygens (including phenoxy) is 2. The van der Waals surface area contributed by atoms with Crippen molar-refractivity contribution in [2.75, 3.05) is 18.5 Å². The molecule has 5 rings (SSSR count). The average Bonchev–Trinajstić information content (AvgIpc) is 3.45. The van der Waals surface area contributed by atoms with Crippen LogP contribution in [0, 0.1) is 12.7 Å². The maximum absolute atomic E-state index is 14.6. The van der Waals surface area contributed by atoms with E-state index in [0.29, 0.717) is 36.1 Å². The fourth-order valence-electron chi connectivity index (χ4n) is 4.60. The lowest BCUT2D eigenvalue weighted by molar-refractivity contribution is -0.121. The number of nitrogens with one attached hydrogen (secondary N) is 2. The summed E-state index contributed by atoms with van der Waals surface area (Å²) >= 11 is 0. The second kappa shape index (κ2) is 10.5. The van der Waals surface area contributed by atoms with Gasteiger partial charge in [0.05, 0.1) is 42.0 Å². The summed E-state index contributed by atoms with van der Waals surface area (Å²) in [4.78, 5) is 22.1. The van der Waals surface area contributed by atoms with Crippen LogP contribution in [0.25, 0.3) is 0 Å². The van der Waals surface area contributed by atoms with Gasteiger partial charge >= 0.3 is 0 Å². The van der Waals surface area contributed by atoms with E-state index in [0.717, 1.165) is 24.5 Å². The highest BCUT2D eigenvalue weighted by Crippen LogP contribution is 2.45. The maximum Gasteiger partial charge on any atom is 0.266 e. The van der Waals surface area contributed by atoms with E-state index in [2.05, 4.69) is 20.6 Å². The summed E-state index contributed by atoms with van der Waals surface area (Å²) in [5.41, 5.74) is 0.935. The molecule has 194 valence electrons. The average molecular weight is 513 g/mol. The minimum Gasteiger partial charge on any atom is -0.365 e. The lowest BCUT2D eigenvalue weighted by Gasteiger charge is -2.21. The van der Waals surface area contributed by atoms with Crippen LogP contribution in [0.1, 0.15) is 59.3 Å². The highest BCUT2D eigenvalue weighted by atomic mass is 19.3. The lowest BCUT2D eigenvalue weighted by Crippen LogP contribution is -2.36. The molecule has 2 heterocycles. The third-order valence-corrected chi connectivity index (χ3v) is 6.57. The van der Waals surface area contributed by atoms with Crippen LogP contribution in [-0.4, -0.2) is 29.1 Å². The molecule has 7 nitrogen and oxygen atoms in total. The van der Waals surface area contributed by atoms with Gasteiger partial charge in [-0.25, -0.2) is 23.1 Å². The monoisotopic (exact) mass is 512 g/mol. The van der Waals surface area contributed by atoms with Crippen molar-refractivity contribution in [1.82, 2.24) is 15.3 Å². The van der Waals surface area contributed by atoms with Crippen LogP contribution in [0.5, 0.6) is 0 Å². The van der Waals surface area contributed by atoms with Gasteiger partial charge in [0.2, 0.25) is 5.91 Å². The number of hydrogen-bond acceptors (Lipinski definition) is 6. The number of alkyl halides is 2. The number of aromatic nitrogens is 2. The number of hydrogen-bond donors (Lipinski definition) is 2. The molecule has 0 bridgehead atoms. The standard InChI is InChI=1S/C27H27F3N4O3/c1-16-32-20(14-21(35)34-27(10-11-27)18-7-3-2-4-8-18)22(26-36-12-13-37-26)25(33-16)31-15-17-6-5-9-19(23(17)28)24(29)30/h2-9,24,26H,10-15H2,1H3,(H,34,35)(H,31,32,33). The number of aryl methyl sites for hydroxylation is 1. The molecular weight excluding hydrogens is 485 g/mol. The third-order valence-electron chi connectivity index (χ3n) is 6.57. The Bertz CT molecular complexity index is 1280. The van der Waals surface area contributed by atoms with E-state index in [-0.39, 0.29) is 30.0 Å². The van der Waals surface area contributed by atoms with Crippen LogP contribution in [0.3, 0.4) is 0 Å². The van der Waals surface area contributed by atoms with Gasteiger partial charge in [-0.2, -0.15) is 0 Å². The summed E-state index contributed by atoms with van der Waals surface area (Å²) in [6.07, 6.45) is -2.08. The van der Waals surface area contributed by atoms with E-state index < -0.39 is 24.1 Å². The first-order valence-corrected chi connectivity index (χ1v) is 12.1. The smallest absolute Gasteiger partial charge is 0.266 e. The lowest BCUT2D eigenvalue weighted by atomic mass is 10.0. The van der Waals surface area contributed by atoms with Crippen molar-refractivity contribution < 1.29 is 27.4 Å². The first-order chi connectivity index (χ1) is 17.9. The maximum atomic E-state index is 14.6. The van der Waals surface area contributed by atoms with Crippen molar-refractivity contribution in [3.05, 3.63) is 88.1 Å². The molecule has 10 heteroatoms. The zero-order valence-corrected chi connectivity index (χ0v) is 20.3. The molecule has 0 unspecified atom stereocenters. The summed E-state index contributed by atoms with van der Waals surface area (Å²) in [6.45, 7) is 2.28. The van der Waals surface area contributed by atoms with E-state index >= 15 is 0 Å². The number of carbonyl (C=O) groups excluding carboxylic acids is 1. The molecule has 1 saturated heterocycles. The van der Waals surface area contributed by atoms with E-state index in [1.807, 2.05) is 30.3 Å². The molecule has 0 spiro atoms. The molecule has 37 heavy (non-hydrogen) atoms. The Hall–Kier alpha value is -3.50. The Labute approximate surface area is 212 Å². The molecule has 2 N–H and O–H groups in total. The third kappa shape index (κ3) is 5.45. The predicted molar refractivity (Wildman–Crippen MR) is 129 cm³/mol. The van der Waals surface area contributed by atoms with Gasteiger partial charge in [-0.3, -0.25) is 4.79 Å². The Balaban J connectivity index is 1.40. The molecule has 1 saturated carbocycles. The molecule has 1 aliphatic carbocycles. The molecule has 2 fully saturated rings. The van der Waals surface area contributed by atoms with Crippen LogP contribution in [-0.2, 0) is 32.8 Å². The van der Waals surface area contributed by atoms with E-state index in [1.165, 1.54) is 12.1 Å². The minimum atomic E-state index is -2.92. The zero-order valence-electron chi connectivity index (χ0n) is 20.3. The number of halogens is 3. The number of nitrogens with zero attached hydrogens (tertiary/aromatic N) is 2. The van der Waals surface area contributed by atoms with Crippen LogP contribution in [0.15, 0.2) is 48.5 Å². The molecule has 3 aromatic rings. The van der Waals surface area contributed by atoms with Crippen LogP contribution >= 0.6 is 0 Å². The van der Waals surface area contributed by atoms with Crippen molar-refractivity contribution >= 4 is 11.7 Å². The fraction of sp³-hybridized carbons (Fsp3) is 0.370. The molecule has 2 aromatic carbocycles. The molecular formula is C27H27F3N4O3. The largest absolute Gasteiger partial charge is 0.365 e. The van der Waals surface area contributed by atoms with Crippen molar-refractivity contribution in [3.8, 4) is 0 Å². The molecule has 0 radical (unpaired) electrons. The molecule has 0 atom stereocenters. The Morgan fingerprint density at radius 2 is 1.81 bits per heavy atom. The number of rotatable bonds is 9. The summed E-state index contributed by atoms with van der Waals surface area (Å²) in [5, 5.41) is 6.18. The van der Waals surface area contributed by atoms with Gasteiger partial charge in [0.25, 0.3) is 6.43 Å². The van der Waals surface area contributed by atoms with Gasteiger partial charge in [-0.1, -0.05) is 48.5 Å². The van der Waals surface area contributed by atoms with E-state index in [9.17, 15) is 18.0 Å². The highest BCUT2D eigenvalue weighted by Gasteiger charge is 2.45. The van der Waals surface area contributed by atoms with Gasteiger partial charge in [0, 0.05) is 12.1 Å². The molecule has 2 aliphatic rings. The minimum absolute atomic E-state index is 0.0413. The van der Waals surface area contributed by atoms with Crippen LogP contribution < -0.4 is 10.6 Å². The predicted octanol–water partition coefficient (Wildman–Crippen LogP) is 4.87. The van der Waals surface area contributed by atoms with Crippen molar-refractivity contribution in [2.45, 2.75) is 51.0 Å².